The lowest BCUT2D eigenvalue weighted by atomic mass is 10.2. The van der Waals surface area contributed by atoms with Crippen LogP contribution in [0.1, 0.15) is 12.5 Å². The Morgan fingerprint density at radius 2 is 2.28 bits per heavy atom. The van der Waals surface area contributed by atoms with Gasteiger partial charge in [-0.15, -0.1) is 0 Å². The number of carbonyl (C=O) groups excluding carboxylic acids is 1. The highest BCUT2D eigenvalue weighted by molar-refractivity contribution is 6.01. The summed E-state index contributed by atoms with van der Waals surface area (Å²) in [5.74, 6) is 0.0413. The van der Waals surface area contributed by atoms with Crippen LogP contribution in [0.25, 0.3) is 10.9 Å². The van der Waals surface area contributed by atoms with Crippen LogP contribution in [-0.2, 0) is 4.79 Å². The maximum absolute atomic E-state index is 10.7. The van der Waals surface area contributed by atoms with Crippen molar-refractivity contribution in [2.75, 3.05) is 13.1 Å². The van der Waals surface area contributed by atoms with E-state index in [2.05, 4.69) is 15.3 Å². The molecule has 0 saturated heterocycles. The van der Waals surface area contributed by atoms with Gasteiger partial charge in [-0.25, -0.2) is 0 Å². The summed E-state index contributed by atoms with van der Waals surface area (Å²) in [5, 5.41) is 13.3. The standard InChI is InChI=1S/C13H15N3O2/c1-9(17)15-7-6-14-8-11-10-4-2-3-5-12(10)16-13(11)18/h2-5,8,16,18H,6-7H2,1H3,(H,15,17). The molecule has 0 unspecified atom stereocenters. The molecular weight excluding hydrogens is 230 g/mol. The predicted molar refractivity (Wildman–Crippen MR) is 71.1 cm³/mol. The molecule has 1 aromatic carbocycles. The molecule has 3 N–H and O–H groups in total. The van der Waals surface area contributed by atoms with Gasteiger partial charge in [-0.2, -0.15) is 0 Å². The molecule has 0 aliphatic carbocycles. The first-order valence-corrected chi connectivity index (χ1v) is 5.72. The zero-order valence-electron chi connectivity index (χ0n) is 10.1. The van der Waals surface area contributed by atoms with Crippen LogP contribution in [0.15, 0.2) is 29.3 Å². The third-order valence-electron chi connectivity index (χ3n) is 2.56. The molecule has 5 nitrogen and oxygen atoms in total. The van der Waals surface area contributed by atoms with E-state index in [1.807, 2.05) is 24.3 Å². The van der Waals surface area contributed by atoms with Crippen LogP contribution >= 0.6 is 0 Å². The van der Waals surface area contributed by atoms with Crippen molar-refractivity contribution in [1.82, 2.24) is 10.3 Å². The third-order valence-corrected chi connectivity index (χ3v) is 2.56. The summed E-state index contributed by atoms with van der Waals surface area (Å²) in [6.07, 6.45) is 1.62. The first-order chi connectivity index (χ1) is 8.68. The van der Waals surface area contributed by atoms with Crippen LogP contribution in [0.4, 0.5) is 0 Å². The number of hydrogen-bond donors (Lipinski definition) is 3. The van der Waals surface area contributed by atoms with Crippen LogP contribution in [0, 0.1) is 0 Å². The molecule has 0 atom stereocenters. The molecule has 0 aliphatic rings. The Labute approximate surface area is 105 Å². The molecule has 0 fully saturated rings. The Morgan fingerprint density at radius 1 is 1.50 bits per heavy atom. The number of hydrogen-bond acceptors (Lipinski definition) is 3. The van der Waals surface area contributed by atoms with E-state index in [0.717, 1.165) is 10.9 Å². The summed E-state index contributed by atoms with van der Waals surface area (Å²) in [4.78, 5) is 17.7. The zero-order chi connectivity index (χ0) is 13.0. The fourth-order valence-electron chi connectivity index (χ4n) is 1.73. The maximum atomic E-state index is 10.7. The number of amides is 1. The van der Waals surface area contributed by atoms with E-state index < -0.39 is 0 Å². The van der Waals surface area contributed by atoms with Crippen molar-refractivity contribution in [2.45, 2.75) is 6.92 Å². The van der Waals surface area contributed by atoms with Gasteiger partial charge < -0.3 is 15.4 Å². The van der Waals surface area contributed by atoms with E-state index in [9.17, 15) is 9.90 Å². The molecular formula is C13H15N3O2. The van der Waals surface area contributed by atoms with Gasteiger partial charge in [0.15, 0.2) is 5.88 Å². The topological polar surface area (TPSA) is 77.5 Å². The van der Waals surface area contributed by atoms with E-state index in [1.54, 1.807) is 6.21 Å². The Hall–Kier alpha value is -2.30. The summed E-state index contributed by atoms with van der Waals surface area (Å²) >= 11 is 0. The van der Waals surface area contributed by atoms with Gasteiger partial charge in [-0.05, 0) is 6.07 Å². The SMILES string of the molecule is CC(=O)NCCN=Cc1c(O)[nH]c2ccccc12. The fraction of sp³-hybridized carbons (Fsp3) is 0.231. The summed E-state index contributed by atoms with van der Waals surface area (Å²) in [5.41, 5.74) is 1.55. The van der Waals surface area contributed by atoms with Crippen molar-refractivity contribution >= 4 is 23.0 Å². The van der Waals surface area contributed by atoms with E-state index in [1.165, 1.54) is 6.92 Å². The zero-order valence-corrected chi connectivity index (χ0v) is 10.1. The van der Waals surface area contributed by atoms with Gasteiger partial charge >= 0.3 is 0 Å². The van der Waals surface area contributed by atoms with Gasteiger partial charge in [-0.3, -0.25) is 9.79 Å². The van der Waals surface area contributed by atoms with Gasteiger partial charge in [0, 0.05) is 30.6 Å². The number of nitrogens with zero attached hydrogens (tertiary/aromatic N) is 1. The summed E-state index contributed by atoms with van der Waals surface area (Å²) in [6, 6.07) is 7.62. The Kier molecular flexibility index (Phi) is 3.62. The highest BCUT2D eigenvalue weighted by atomic mass is 16.3. The van der Waals surface area contributed by atoms with Crippen LogP contribution < -0.4 is 5.32 Å². The van der Waals surface area contributed by atoms with Gasteiger partial charge in [0.1, 0.15) is 0 Å². The van der Waals surface area contributed by atoms with Gasteiger partial charge in [0.2, 0.25) is 5.91 Å². The fourth-order valence-corrected chi connectivity index (χ4v) is 1.73. The Bertz CT molecular complexity index is 587. The van der Waals surface area contributed by atoms with Gasteiger partial charge in [0.25, 0.3) is 0 Å². The number of aromatic amines is 1. The smallest absolute Gasteiger partial charge is 0.216 e. The molecule has 0 aliphatic heterocycles. The van der Waals surface area contributed by atoms with Gasteiger partial charge in [-0.1, -0.05) is 18.2 Å². The average molecular weight is 245 g/mol. The average Bonchev–Trinajstić information content (AvgIpc) is 2.65. The number of aromatic nitrogens is 1. The molecule has 0 bridgehead atoms. The second-order valence-electron chi connectivity index (χ2n) is 3.95. The van der Waals surface area contributed by atoms with Crippen molar-refractivity contribution in [3.8, 4) is 5.88 Å². The second-order valence-corrected chi connectivity index (χ2v) is 3.95. The number of aliphatic imine (C=N–C) groups is 1. The lowest BCUT2D eigenvalue weighted by Gasteiger charge is -1.97. The second kappa shape index (κ2) is 5.35. The lowest BCUT2D eigenvalue weighted by Crippen LogP contribution is -2.22. The maximum Gasteiger partial charge on any atom is 0.216 e. The minimum atomic E-state index is -0.0693. The van der Waals surface area contributed by atoms with E-state index in [4.69, 9.17) is 0 Å². The molecule has 0 spiro atoms. The van der Waals surface area contributed by atoms with E-state index in [-0.39, 0.29) is 11.8 Å². The first-order valence-electron chi connectivity index (χ1n) is 5.72. The van der Waals surface area contributed by atoms with Crippen LogP contribution in [0.2, 0.25) is 0 Å². The van der Waals surface area contributed by atoms with Crippen molar-refractivity contribution in [3.05, 3.63) is 29.8 Å². The normalized spacial score (nSPS) is 11.2. The Balaban J connectivity index is 2.09. The number of aromatic hydroxyl groups is 1. The van der Waals surface area contributed by atoms with Crippen LogP contribution in [0.5, 0.6) is 5.88 Å². The number of H-pyrrole nitrogens is 1. The van der Waals surface area contributed by atoms with Crippen LogP contribution in [0.3, 0.4) is 0 Å². The highest BCUT2D eigenvalue weighted by Gasteiger charge is 2.07. The first kappa shape index (κ1) is 12.2. The number of benzene rings is 1. The van der Waals surface area contributed by atoms with Crippen molar-refractivity contribution in [1.29, 1.82) is 0 Å². The summed E-state index contributed by atoms with van der Waals surface area (Å²) < 4.78 is 0. The number of rotatable bonds is 4. The molecule has 0 saturated carbocycles. The monoisotopic (exact) mass is 245 g/mol. The number of fused-ring (bicyclic) bond motifs is 1. The molecule has 94 valence electrons. The molecule has 0 radical (unpaired) electrons. The Morgan fingerprint density at radius 3 is 3.06 bits per heavy atom. The predicted octanol–water partition coefficient (Wildman–Crippen LogP) is 1.43. The number of nitrogens with one attached hydrogen (secondary N) is 2. The largest absolute Gasteiger partial charge is 0.494 e. The van der Waals surface area contributed by atoms with Crippen molar-refractivity contribution < 1.29 is 9.90 Å². The van der Waals surface area contributed by atoms with Gasteiger partial charge in [0.05, 0.1) is 12.1 Å². The minimum absolute atomic E-state index is 0.0693. The molecule has 2 aromatic rings. The van der Waals surface area contributed by atoms with Crippen molar-refractivity contribution in [3.63, 3.8) is 0 Å². The highest BCUT2D eigenvalue weighted by Crippen LogP contribution is 2.24. The minimum Gasteiger partial charge on any atom is -0.494 e. The van der Waals surface area contributed by atoms with Crippen LogP contribution in [-0.4, -0.2) is 35.3 Å². The molecule has 1 aromatic heterocycles. The molecule has 18 heavy (non-hydrogen) atoms. The molecule has 2 rings (SSSR count). The number of carbonyl (C=O) groups is 1. The third kappa shape index (κ3) is 2.68. The van der Waals surface area contributed by atoms with E-state index in [0.29, 0.717) is 18.7 Å². The lowest BCUT2D eigenvalue weighted by molar-refractivity contribution is -0.118. The van der Waals surface area contributed by atoms with Crippen molar-refractivity contribution in [2.24, 2.45) is 4.99 Å². The number of para-hydroxylation sites is 1. The quantitative estimate of drug-likeness (QED) is 0.563. The molecule has 5 heteroatoms. The summed E-state index contributed by atoms with van der Waals surface area (Å²) in [7, 11) is 0. The summed E-state index contributed by atoms with van der Waals surface area (Å²) in [6.45, 7) is 2.45. The van der Waals surface area contributed by atoms with E-state index >= 15 is 0 Å². The molecule has 1 amide bonds. The molecule has 1 heterocycles.